The zero-order valence-corrected chi connectivity index (χ0v) is 13.9. The van der Waals surface area contributed by atoms with Crippen molar-refractivity contribution in [1.82, 2.24) is 5.43 Å². The molecule has 4 N–H and O–H groups in total. The summed E-state index contributed by atoms with van der Waals surface area (Å²) >= 11 is 0. The lowest BCUT2D eigenvalue weighted by Crippen LogP contribution is -2.20. The summed E-state index contributed by atoms with van der Waals surface area (Å²) in [4.78, 5) is 32.8. The average Bonchev–Trinajstić information content (AvgIpc) is 2.56. The van der Waals surface area contributed by atoms with E-state index in [0.717, 1.165) is 12.8 Å². The standard InChI is InChI=1S/C17H23N3O5/c18-15(21)12-25-14-8-6-5-7-13(14)11-19-20-16(22)9-3-1-2-4-10-17(23)24/h5-8,11H,1-4,9-10,12H2,(H2,18,21)(H,20,22)(H,23,24)/b19-11+. The van der Waals surface area contributed by atoms with E-state index in [-0.39, 0.29) is 18.9 Å². The molecule has 0 atom stereocenters. The lowest BCUT2D eigenvalue weighted by atomic mass is 10.1. The quantitative estimate of drug-likeness (QED) is 0.298. The van der Waals surface area contributed by atoms with Crippen molar-refractivity contribution in [2.45, 2.75) is 38.5 Å². The average molecular weight is 349 g/mol. The number of carbonyl (C=O) groups excluding carboxylic acids is 2. The number of aliphatic carboxylic acids is 1. The third kappa shape index (κ3) is 9.75. The van der Waals surface area contributed by atoms with E-state index in [0.29, 0.717) is 30.6 Å². The largest absolute Gasteiger partial charge is 0.483 e. The molecule has 2 amide bonds. The van der Waals surface area contributed by atoms with Gasteiger partial charge in [-0.3, -0.25) is 14.4 Å². The Labute approximate surface area is 146 Å². The van der Waals surface area contributed by atoms with Gasteiger partial charge in [0.25, 0.3) is 5.91 Å². The molecule has 25 heavy (non-hydrogen) atoms. The van der Waals surface area contributed by atoms with Crippen LogP contribution in [0.15, 0.2) is 29.4 Å². The summed E-state index contributed by atoms with van der Waals surface area (Å²) in [5, 5.41) is 12.4. The molecule has 0 fully saturated rings. The van der Waals surface area contributed by atoms with Gasteiger partial charge < -0.3 is 15.6 Å². The molecule has 1 aromatic rings. The number of amides is 2. The van der Waals surface area contributed by atoms with Crippen molar-refractivity contribution in [2.24, 2.45) is 10.8 Å². The van der Waals surface area contributed by atoms with Crippen LogP contribution in [-0.4, -0.2) is 35.7 Å². The van der Waals surface area contributed by atoms with E-state index in [1.165, 1.54) is 6.21 Å². The Kier molecular flexibility index (Phi) is 9.35. The number of nitrogens with one attached hydrogen (secondary N) is 1. The van der Waals surface area contributed by atoms with Crippen LogP contribution < -0.4 is 15.9 Å². The Hall–Kier alpha value is -2.90. The molecule has 0 aromatic heterocycles. The van der Waals surface area contributed by atoms with Gasteiger partial charge >= 0.3 is 5.97 Å². The zero-order chi connectivity index (χ0) is 18.5. The van der Waals surface area contributed by atoms with Crippen molar-refractivity contribution in [3.05, 3.63) is 29.8 Å². The highest BCUT2D eigenvalue weighted by atomic mass is 16.5. The molecule has 0 saturated heterocycles. The number of ether oxygens (including phenoxy) is 1. The SMILES string of the molecule is NC(=O)COc1ccccc1/C=N/NC(=O)CCCCCCC(=O)O. The van der Waals surface area contributed by atoms with E-state index >= 15 is 0 Å². The molecule has 136 valence electrons. The molecule has 0 radical (unpaired) electrons. The number of carboxylic acid groups (broad SMARTS) is 1. The predicted octanol–water partition coefficient (Wildman–Crippen LogP) is 1.43. The van der Waals surface area contributed by atoms with Crippen LogP contribution in [0, 0.1) is 0 Å². The minimum absolute atomic E-state index is 0.160. The molecular formula is C17H23N3O5. The van der Waals surface area contributed by atoms with Crippen molar-refractivity contribution < 1.29 is 24.2 Å². The van der Waals surface area contributed by atoms with Crippen molar-refractivity contribution in [1.29, 1.82) is 0 Å². The van der Waals surface area contributed by atoms with E-state index < -0.39 is 11.9 Å². The topological polar surface area (TPSA) is 131 Å². The van der Waals surface area contributed by atoms with Crippen molar-refractivity contribution >= 4 is 24.0 Å². The van der Waals surface area contributed by atoms with Gasteiger partial charge in [0.15, 0.2) is 6.61 Å². The molecule has 0 aliphatic heterocycles. The third-order valence-electron chi connectivity index (χ3n) is 3.23. The van der Waals surface area contributed by atoms with E-state index in [1.54, 1.807) is 24.3 Å². The highest BCUT2D eigenvalue weighted by molar-refractivity contribution is 5.85. The van der Waals surface area contributed by atoms with Gasteiger partial charge in [-0.25, -0.2) is 5.43 Å². The molecule has 0 spiro atoms. The molecule has 8 heteroatoms. The lowest BCUT2D eigenvalue weighted by Gasteiger charge is -2.06. The number of nitrogens with zero attached hydrogens (tertiary/aromatic N) is 1. The fourth-order valence-electron chi connectivity index (χ4n) is 2.01. The summed E-state index contributed by atoms with van der Waals surface area (Å²) in [5.74, 6) is -1.15. The Bertz CT molecular complexity index is 616. The highest BCUT2D eigenvalue weighted by Crippen LogP contribution is 2.15. The molecule has 0 aliphatic rings. The van der Waals surface area contributed by atoms with Crippen LogP contribution in [0.1, 0.15) is 44.1 Å². The van der Waals surface area contributed by atoms with Crippen LogP contribution in [0.4, 0.5) is 0 Å². The van der Waals surface area contributed by atoms with Crippen LogP contribution in [-0.2, 0) is 14.4 Å². The second kappa shape index (κ2) is 11.6. The minimum atomic E-state index is -0.799. The zero-order valence-electron chi connectivity index (χ0n) is 13.9. The molecule has 0 unspecified atom stereocenters. The maximum atomic E-state index is 11.7. The maximum Gasteiger partial charge on any atom is 0.303 e. The van der Waals surface area contributed by atoms with Gasteiger partial charge in [-0.15, -0.1) is 0 Å². The fourth-order valence-corrected chi connectivity index (χ4v) is 2.01. The fraction of sp³-hybridized carbons (Fsp3) is 0.412. The number of carbonyl (C=O) groups is 3. The first-order valence-corrected chi connectivity index (χ1v) is 8.03. The number of benzene rings is 1. The van der Waals surface area contributed by atoms with E-state index in [1.807, 2.05) is 0 Å². The van der Waals surface area contributed by atoms with Gasteiger partial charge in [-0.2, -0.15) is 5.10 Å². The second-order valence-electron chi connectivity index (χ2n) is 5.39. The van der Waals surface area contributed by atoms with Crippen molar-refractivity contribution in [3.8, 4) is 5.75 Å². The van der Waals surface area contributed by atoms with Gasteiger partial charge in [0.05, 0.1) is 6.21 Å². The first-order valence-electron chi connectivity index (χ1n) is 8.03. The number of hydrogen-bond acceptors (Lipinski definition) is 5. The molecule has 8 nitrogen and oxygen atoms in total. The Morgan fingerprint density at radius 1 is 1.12 bits per heavy atom. The van der Waals surface area contributed by atoms with Crippen LogP contribution in [0.5, 0.6) is 5.75 Å². The van der Waals surface area contributed by atoms with Crippen LogP contribution in [0.3, 0.4) is 0 Å². The lowest BCUT2D eigenvalue weighted by molar-refractivity contribution is -0.137. The Morgan fingerprint density at radius 2 is 1.80 bits per heavy atom. The number of primary amides is 1. The number of para-hydroxylation sites is 1. The minimum Gasteiger partial charge on any atom is -0.483 e. The predicted molar refractivity (Wildman–Crippen MR) is 92.2 cm³/mol. The summed E-state index contributed by atoms with van der Waals surface area (Å²) in [7, 11) is 0. The molecule has 0 saturated carbocycles. The smallest absolute Gasteiger partial charge is 0.303 e. The van der Waals surface area contributed by atoms with Gasteiger partial charge in [0, 0.05) is 18.4 Å². The number of unbranched alkanes of at least 4 members (excludes halogenated alkanes) is 3. The number of hydrazone groups is 1. The summed E-state index contributed by atoms with van der Waals surface area (Å²) < 4.78 is 5.26. The van der Waals surface area contributed by atoms with Crippen molar-refractivity contribution in [3.63, 3.8) is 0 Å². The highest BCUT2D eigenvalue weighted by Gasteiger charge is 2.03. The molecular weight excluding hydrogens is 326 g/mol. The number of nitrogens with two attached hydrogens (primary N) is 1. The summed E-state index contributed by atoms with van der Waals surface area (Å²) in [6.07, 6.45) is 4.80. The maximum absolute atomic E-state index is 11.7. The molecule has 1 aromatic carbocycles. The normalized spacial score (nSPS) is 10.6. The van der Waals surface area contributed by atoms with Gasteiger partial charge in [0.2, 0.25) is 5.91 Å². The Balaban J connectivity index is 2.31. The van der Waals surface area contributed by atoms with Gasteiger partial charge in [-0.05, 0) is 25.0 Å². The first kappa shape index (κ1) is 20.1. The molecule has 1 rings (SSSR count). The summed E-state index contributed by atoms with van der Waals surface area (Å²) in [6.45, 7) is -0.237. The van der Waals surface area contributed by atoms with E-state index in [4.69, 9.17) is 15.6 Å². The van der Waals surface area contributed by atoms with E-state index in [2.05, 4.69) is 10.5 Å². The molecule has 0 bridgehead atoms. The van der Waals surface area contributed by atoms with Crippen LogP contribution >= 0.6 is 0 Å². The molecule has 0 heterocycles. The summed E-state index contributed by atoms with van der Waals surface area (Å²) in [6, 6.07) is 6.92. The number of rotatable bonds is 12. The third-order valence-corrected chi connectivity index (χ3v) is 3.23. The Morgan fingerprint density at radius 3 is 2.48 bits per heavy atom. The number of carboxylic acids is 1. The second-order valence-corrected chi connectivity index (χ2v) is 5.39. The first-order chi connectivity index (χ1) is 12.0. The number of hydrogen-bond donors (Lipinski definition) is 3. The molecule has 0 aliphatic carbocycles. The van der Waals surface area contributed by atoms with Gasteiger partial charge in [-0.1, -0.05) is 25.0 Å². The van der Waals surface area contributed by atoms with E-state index in [9.17, 15) is 14.4 Å². The van der Waals surface area contributed by atoms with Crippen molar-refractivity contribution in [2.75, 3.05) is 6.61 Å². The van der Waals surface area contributed by atoms with Crippen LogP contribution in [0.25, 0.3) is 0 Å². The monoisotopic (exact) mass is 349 g/mol. The summed E-state index contributed by atoms with van der Waals surface area (Å²) in [5.41, 5.74) is 8.07. The van der Waals surface area contributed by atoms with Crippen LogP contribution in [0.2, 0.25) is 0 Å². The van der Waals surface area contributed by atoms with Gasteiger partial charge in [0.1, 0.15) is 5.75 Å².